The van der Waals surface area contributed by atoms with Crippen molar-refractivity contribution in [3.8, 4) is 5.75 Å². The molecule has 7 nitrogen and oxygen atoms in total. The summed E-state index contributed by atoms with van der Waals surface area (Å²) in [5, 5.41) is 9.87. The largest absolute Gasteiger partial charge is 0.573 e. The molecule has 1 aliphatic heterocycles. The average molecular weight is 581 g/mol. The molecule has 0 bridgehead atoms. The first-order chi connectivity index (χ1) is 19.7. The standard InChI is InChI=1S/C30H31F3N6OS/c1-21(2)26-7-3-4-8-27(26)39-17-5-6-18-41-29(39)38-37-19-22-9-11-23(12-10-22)28(34)36-20-35-24-13-15-25(16-14-24)40-30(31,32)33/h3-4,7-16,19-21H,5-6,17-18H2,1-2H3,(H2,34,35,36)/b37-19-,38-29+. The molecule has 1 saturated heterocycles. The van der Waals surface area contributed by atoms with Crippen LogP contribution in [-0.4, -0.2) is 42.2 Å². The lowest BCUT2D eigenvalue weighted by Crippen LogP contribution is -2.29. The second-order valence-electron chi connectivity index (χ2n) is 9.47. The van der Waals surface area contributed by atoms with Crippen molar-refractivity contribution < 1.29 is 17.9 Å². The van der Waals surface area contributed by atoms with Gasteiger partial charge in [0, 0.05) is 23.5 Å². The van der Waals surface area contributed by atoms with Gasteiger partial charge in [0.15, 0.2) is 5.17 Å². The molecule has 0 unspecified atom stereocenters. The number of hydrogen-bond acceptors (Lipinski definition) is 5. The highest BCUT2D eigenvalue weighted by atomic mass is 32.2. The molecular weight excluding hydrogens is 549 g/mol. The fourth-order valence-electron chi connectivity index (χ4n) is 4.09. The minimum atomic E-state index is -4.74. The molecule has 214 valence electrons. The van der Waals surface area contributed by atoms with Gasteiger partial charge in [-0.05, 0) is 60.2 Å². The van der Waals surface area contributed by atoms with Gasteiger partial charge in [-0.15, -0.1) is 18.3 Å². The van der Waals surface area contributed by atoms with Crippen molar-refractivity contribution in [2.75, 3.05) is 17.2 Å². The Morgan fingerprint density at radius 3 is 2.44 bits per heavy atom. The molecule has 0 aliphatic carbocycles. The number of nitrogens with two attached hydrogens (primary N) is 1. The van der Waals surface area contributed by atoms with Crippen molar-refractivity contribution in [1.82, 2.24) is 0 Å². The average Bonchev–Trinajstić information content (AvgIpc) is 3.19. The van der Waals surface area contributed by atoms with Crippen LogP contribution in [0.4, 0.5) is 24.5 Å². The second-order valence-corrected chi connectivity index (χ2v) is 10.5. The molecule has 4 rings (SSSR count). The summed E-state index contributed by atoms with van der Waals surface area (Å²) >= 11 is 1.72. The van der Waals surface area contributed by atoms with Crippen molar-refractivity contribution in [2.45, 2.75) is 39.0 Å². The number of aliphatic imine (C=N–C) groups is 2. The van der Waals surface area contributed by atoms with Gasteiger partial charge in [-0.3, -0.25) is 0 Å². The van der Waals surface area contributed by atoms with E-state index in [0.29, 0.717) is 17.2 Å². The number of benzene rings is 3. The topological polar surface area (TPSA) is 87.9 Å². The van der Waals surface area contributed by atoms with E-state index in [2.05, 4.69) is 67.9 Å². The first kappa shape index (κ1) is 29.9. The Morgan fingerprint density at radius 1 is 1.00 bits per heavy atom. The van der Waals surface area contributed by atoms with Crippen LogP contribution in [0.3, 0.4) is 0 Å². The number of amidine groups is 2. The smallest absolute Gasteiger partial charge is 0.406 e. The third kappa shape index (κ3) is 8.94. The molecular formula is C30H31F3N6OS. The Bertz CT molecular complexity index is 1420. The summed E-state index contributed by atoms with van der Waals surface area (Å²) in [6.45, 7) is 5.30. The van der Waals surface area contributed by atoms with Crippen LogP contribution < -0.4 is 15.4 Å². The van der Waals surface area contributed by atoms with Crippen LogP contribution in [0.15, 0.2) is 93.0 Å². The Kier molecular flexibility index (Phi) is 10.2. The number of nitrogens with zero attached hydrogens (tertiary/aromatic N) is 5. The van der Waals surface area contributed by atoms with Crippen LogP contribution in [-0.2, 0) is 0 Å². The number of alkyl halides is 3. The van der Waals surface area contributed by atoms with Crippen LogP contribution in [0, 0.1) is 0 Å². The monoisotopic (exact) mass is 580 g/mol. The third-order valence-corrected chi connectivity index (χ3v) is 7.17. The van der Waals surface area contributed by atoms with Crippen molar-refractivity contribution >= 4 is 46.7 Å². The predicted molar refractivity (Wildman–Crippen MR) is 163 cm³/mol. The first-order valence-electron chi connectivity index (χ1n) is 13.1. The number of ether oxygens (including phenoxy) is 1. The molecule has 0 aromatic heterocycles. The lowest BCUT2D eigenvalue weighted by Gasteiger charge is -2.26. The van der Waals surface area contributed by atoms with Crippen molar-refractivity contribution in [1.29, 1.82) is 0 Å². The maximum Gasteiger partial charge on any atom is 0.573 e. The number of rotatable bonds is 8. The maximum absolute atomic E-state index is 12.3. The Labute approximate surface area is 241 Å². The second kappa shape index (κ2) is 14.0. The van der Waals surface area contributed by atoms with Crippen LogP contribution >= 0.6 is 11.8 Å². The lowest BCUT2D eigenvalue weighted by atomic mass is 10.0. The van der Waals surface area contributed by atoms with Gasteiger partial charge in [0.25, 0.3) is 0 Å². The summed E-state index contributed by atoms with van der Waals surface area (Å²) in [6, 6.07) is 20.9. The van der Waals surface area contributed by atoms with Crippen LogP contribution in [0.2, 0.25) is 0 Å². The molecule has 0 atom stereocenters. The molecule has 11 heteroatoms. The fraction of sp³-hybridized carbons (Fsp3) is 0.267. The van der Waals surface area contributed by atoms with Crippen LogP contribution in [0.5, 0.6) is 5.75 Å². The zero-order chi connectivity index (χ0) is 29.2. The highest BCUT2D eigenvalue weighted by molar-refractivity contribution is 8.14. The lowest BCUT2D eigenvalue weighted by molar-refractivity contribution is -0.274. The molecule has 41 heavy (non-hydrogen) atoms. The van der Waals surface area contributed by atoms with Crippen molar-refractivity contribution in [3.63, 3.8) is 0 Å². The molecule has 2 N–H and O–H groups in total. The SMILES string of the molecule is CC(C)c1ccccc1N1CCCCS/C1=N/N=C\c1ccc(C(N)=NC=Nc2ccc(OC(F)(F)F)cc2)cc1. The molecule has 1 fully saturated rings. The van der Waals surface area contributed by atoms with Gasteiger partial charge < -0.3 is 15.4 Å². The predicted octanol–water partition coefficient (Wildman–Crippen LogP) is 7.50. The van der Waals surface area contributed by atoms with E-state index in [1.54, 1.807) is 18.0 Å². The zero-order valence-electron chi connectivity index (χ0n) is 22.8. The molecule has 0 saturated carbocycles. The normalized spacial score (nSPS) is 16.2. The number of anilines is 1. The fourth-order valence-corrected chi connectivity index (χ4v) is 5.07. The van der Waals surface area contributed by atoms with Gasteiger partial charge in [0.1, 0.15) is 17.9 Å². The van der Waals surface area contributed by atoms with Gasteiger partial charge in [-0.2, -0.15) is 5.10 Å². The van der Waals surface area contributed by atoms with Crippen LogP contribution in [0.1, 0.15) is 49.3 Å². The van der Waals surface area contributed by atoms with Crippen molar-refractivity contribution in [2.24, 2.45) is 25.9 Å². The summed E-state index contributed by atoms with van der Waals surface area (Å²) in [5.41, 5.74) is 10.5. The summed E-state index contributed by atoms with van der Waals surface area (Å²) in [5.74, 6) is 1.32. The van der Waals surface area contributed by atoms with E-state index < -0.39 is 6.36 Å². The zero-order valence-corrected chi connectivity index (χ0v) is 23.6. The van der Waals surface area contributed by atoms with E-state index >= 15 is 0 Å². The number of halogens is 3. The van der Waals surface area contributed by atoms with E-state index in [1.165, 1.54) is 41.9 Å². The van der Waals surface area contributed by atoms with E-state index in [9.17, 15) is 13.2 Å². The quantitative estimate of drug-likeness (QED) is 0.170. The number of thioether (sulfide) groups is 1. The molecule has 0 amide bonds. The van der Waals surface area contributed by atoms with Gasteiger partial charge in [-0.1, -0.05) is 68.1 Å². The highest BCUT2D eigenvalue weighted by Gasteiger charge is 2.31. The number of hydrogen-bond donors (Lipinski definition) is 1. The van der Waals surface area contributed by atoms with Crippen LogP contribution in [0.25, 0.3) is 0 Å². The van der Waals surface area contributed by atoms with E-state index in [1.807, 2.05) is 24.3 Å². The minimum absolute atomic E-state index is 0.240. The molecule has 1 aliphatic rings. The Hall–Kier alpha value is -4.12. The highest BCUT2D eigenvalue weighted by Crippen LogP contribution is 2.31. The molecule has 1 heterocycles. The maximum atomic E-state index is 12.3. The van der Waals surface area contributed by atoms with Crippen molar-refractivity contribution in [3.05, 3.63) is 89.5 Å². The van der Waals surface area contributed by atoms with Gasteiger partial charge in [-0.25, -0.2) is 9.98 Å². The molecule has 0 spiro atoms. The Balaban J connectivity index is 1.41. The molecule has 3 aromatic rings. The van der Waals surface area contributed by atoms with Gasteiger partial charge in [0.05, 0.1) is 11.9 Å². The van der Waals surface area contributed by atoms with E-state index in [0.717, 1.165) is 35.9 Å². The van der Waals surface area contributed by atoms with E-state index in [-0.39, 0.29) is 11.6 Å². The molecule has 0 radical (unpaired) electrons. The van der Waals surface area contributed by atoms with Gasteiger partial charge in [0.2, 0.25) is 0 Å². The summed E-state index contributed by atoms with van der Waals surface area (Å²) in [6.07, 6.45) is 0.435. The minimum Gasteiger partial charge on any atom is -0.406 e. The first-order valence-corrected chi connectivity index (χ1v) is 14.1. The number of para-hydroxylation sites is 1. The Morgan fingerprint density at radius 2 is 1.73 bits per heavy atom. The molecule has 3 aromatic carbocycles. The van der Waals surface area contributed by atoms with Gasteiger partial charge >= 0.3 is 6.36 Å². The third-order valence-electron chi connectivity index (χ3n) is 6.12. The van der Waals surface area contributed by atoms with E-state index in [4.69, 9.17) is 5.73 Å². The summed E-state index contributed by atoms with van der Waals surface area (Å²) < 4.78 is 40.7. The summed E-state index contributed by atoms with van der Waals surface area (Å²) in [4.78, 5) is 10.5. The summed E-state index contributed by atoms with van der Waals surface area (Å²) in [7, 11) is 0.